The van der Waals surface area contributed by atoms with Crippen LogP contribution in [0.5, 0.6) is 0 Å². The van der Waals surface area contributed by atoms with Gasteiger partial charge in [-0.05, 0) is 54.6 Å². The number of fused-ring (bicyclic) bond motifs is 1. The van der Waals surface area contributed by atoms with Crippen LogP contribution in [0, 0.1) is 5.92 Å². The average Bonchev–Trinajstić information content (AvgIpc) is 3.55. The van der Waals surface area contributed by atoms with Crippen LogP contribution >= 0.6 is 23.2 Å². The van der Waals surface area contributed by atoms with Crippen molar-refractivity contribution in [1.29, 1.82) is 0 Å². The van der Waals surface area contributed by atoms with Gasteiger partial charge in [-0.3, -0.25) is 14.4 Å². The van der Waals surface area contributed by atoms with Crippen LogP contribution in [0.1, 0.15) is 11.8 Å². The maximum Gasteiger partial charge on any atom is 0.266 e. The Morgan fingerprint density at radius 3 is 2.11 bits per heavy atom. The molecule has 3 aromatic carbocycles. The average molecular weight is 505 g/mol. The predicted octanol–water partition coefficient (Wildman–Crippen LogP) is 6.30. The van der Waals surface area contributed by atoms with E-state index in [4.69, 9.17) is 32.5 Å². The van der Waals surface area contributed by atoms with E-state index < -0.39 is 24.0 Å². The fourth-order valence-electron chi connectivity index (χ4n) is 4.68. The van der Waals surface area contributed by atoms with E-state index in [9.17, 15) is 9.59 Å². The van der Waals surface area contributed by atoms with Gasteiger partial charge in [0, 0.05) is 10.6 Å². The van der Waals surface area contributed by atoms with E-state index in [2.05, 4.69) is 0 Å². The fourth-order valence-corrected chi connectivity index (χ4v) is 5.18. The number of carbonyl (C=O) groups excluding carboxylic acids is 2. The number of hydroxylamine groups is 1. The highest BCUT2D eigenvalue weighted by Crippen LogP contribution is 2.48. The van der Waals surface area contributed by atoms with Gasteiger partial charge in [-0.15, -0.1) is 0 Å². The molecule has 174 valence electrons. The van der Waals surface area contributed by atoms with Crippen LogP contribution in [0.4, 0.5) is 11.4 Å². The first-order valence-electron chi connectivity index (χ1n) is 11.0. The Hall–Kier alpha value is -3.58. The van der Waals surface area contributed by atoms with Crippen LogP contribution in [0.3, 0.4) is 0 Å². The molecule has 6 nitrogen and oxygen atoms in total. The number of nitrogens with zero attached hydrogens (tertiary/aromatic N) is 2. The molecule has 8 heteroatoms. The van der Waals surface area contributed by atoms with Crippen LogP contribution in [-0.2, 0) is 14.4 Å². The summed E-state index contributed by atoms with van der Waals surface area (Å²) >= 11 is 12.4. The Morgan fingerprint density at radius 2 is 1.43 bits per heavy atom. The van der Waals surface area contributed by atoms with Crippen molar-refractivity contribution in [2.75, 3.05) is 9.96 Å². The van der Waals surface area contributed by atoms with E-state index in [0.717, 1.165) is 0 Å². The van der Waals surface area contributed by atoms with E-state index in [0.29, 0.717) is 38.5 Å². The molecule has 1 aromatic heterocycles. The highest BCUT2D eigenvalue weighted by atomic mass is 35.5. The van der Waals surface area contributed by atoms with Crippen molar-refractivity contribution in [2.24, 2.45) is 5.92 Å². The third kappa shape index (κ3) is 3.62. The molecule has 4 aromatic rings. The molecule has 2 saturated heterocycles. The van der Waals surface area contributed by atoms with Gasteiger partial charge in [0.1, 0.15) is 23.5 Å². The molecular weight excluding hydrogens is 487 g/mol. The van der Waals surface area contributed by atoms with E-state index in [-0.39, 0.29) is 5.91 Å². The molecule has 2 amide bonds. The molecule has 3 heterocycles. The number of furan rings is 1. The van der Waals surface area contributed by atoms with Gasteiger partial charge in [0.25, 0.3) is 5.91 Å². The molecule has 0 radical (unpaired) electrons. The van der Waals surface area contributed by atoms with E-state index in [1.54, 1.807) is 59.7 Å². The van der Waals surface area contributed by atoms with Crippen molar-refractivity contribution in [3.63, 3.8) is 0 Å². The number of carbonyl (C=O) groups is 2. The molecule has 2 aliphatic heterocycles. The second-order valence-electron chi connectivity index (χ2n) is 8.33. The lowest BCUT2D eigenvalue weighted by Crippen LogP contribution is -2.37. The summed E-state index contributed by atoms with van der Waals surface area (Å²) in [5, 5.41) is 2.56. The quantitative estimate of drug-likeness (QED) is 0.305. The minimum absolute atomic E-state index is 0.336. The molecule has 3 atom stereocenters. The summed E-state index contributed by atoms with van der Waals surface area (Å²) < 4.78 is 6.23. The maximum absolute atomic E-state index is 13.6. The molecule has 2 fully saturated rings. The summed E-state index contributed by atoms with van der Waals surface area (Å²) in [4.78, 5) is 34.3. The summed E-state index contributed by atoms with van der Waals surface area (Å²) in [5.74, 6) is -0.518. The Labute approximate surface area is 211 Å². The highest BCUT2D eigenvalue weighted by molar-refractivity contribution is 6.36. The lowest BCUT2D eigenvalue weighted by Gasteiger charge is -2.27. The van der Waals surface area contributed by atoms with Crippen LogP contribution in [0.15, 0.2) is 95.4 Å². The van der Waals surface area contributed by atoms with Gasteiger partial charge >= 0.3 is 0 Å². The van der Waals surface area contributed by atoms with E-state index in [1.165, 1.54) is 4.90 Å². The first kappa shape index (κ1) is 21.9. The largest absolute Gasteiger partial charge is 0.459 e. The van der Waals surface area contributed by atoms with Crippen molar-refractivity contribution in [2.45, 2.75) is 12.1 Å². The molecule has 2 aliphatic rings. The monoisotopic (exact) mass is 504 g/mol. The molecular formula is C27H18Cl2N2O4. The van der Waals surface area contributed by atoms with Crippen molar-refractivity contribution in [3.8, 4) is 11.3 Å². The third-order valence-corrected chi connectivity index (χ3v) is 6.80. The fraction of sp³-hybridized carbons (Fsp3) is 0.111. The summed E-state index contributed by atoms with van der Waals surface area (Å²) in [6, 6.07) is 26.3. The first-order chi connectivity index (χ1) is 17.0. The summed E-state index contributed by atoms with van der Waals surface area (Å²) in [5.41, 5.74) is 1.89. The minimum Gasteiger partial charge on any atom is -0.459 e. The van der Waals surface area contributed by atoms with Gasteiger partial charge in [-0.1, -0.05) is 59.6 Å². The van der Waals surface area contributed by atoms with Crippen LogP contribution in [0.25, 0.3) is 11.3 Å². The second kappa shape index (κ2) is 8.57. The van der Waals surface area contributed by atoms with Gasteiger partial charge in [0.15, 0.2) is 6.10 Å². The molecule has 35 heavy (non-hydrogen) atoms. The van der Waals surface area contributed by atoms with Crippen molar-refractivity contribution >= 4 is 46.4 Å². The Morgan fingerprint density at radius 1 is 0.743 bits per heavy atom. The summed E-state index contributed by atoms with van der Waals surface area (Å²) in [6.07, 6.45) is -0.972. The summed E-state index contributed by atoms with van der Waals surface area (Å²) in [6.45, 7) is 0. The highest BCUT2D eigenvalue weighted by Gasteiger charge is 2.61. The van der Waals surface area contributed by atoms with Gasteiger partial charge < -0.3 is 4.42 Å². The topological polar surface area (TPSA) is 63.0 Å². The smallest absolute Gasteiger partial charge is 0.266 e. The first-order valence-corrected chi connectivity index (χ1v) is 11.8. The zero-order chi connectivity index (χ0) is 24.1. The second-order valence-corrected chi connectivity index (χ2v) is 9.18. The van der Waals surface area contributed by atoms with Crippen LogP contribution in [0.2, 0.25) is 10.0 Å². The Kier molecular flexibility index (Phi) is 5.37. The number of imide groups is 1. The van der Waals surface area contributed by atoms with Gasteiger partial charge in [-0.25, -0.2) is 9.96 Å². The minimum atomic E-state index is -0.972. The molecule has 0 spiro atoms. The molecule has 6 rings (SSSR count). The third-order valence-electron chi connectivity index (χ3n) is 6.26. The number of para-hydroxylation sites is 2. The number of benzene rings is 3. The van der Waals surface area contributed by atoms with Crippen LogP contribution < -0.4 is 9.96 Å². The van der Waals surface area contributed by atoms with Crippen LogP contribution in [-0.4, -0.2) is 17.9 Å². The van der Waals surface area contributed by atoms with Gasteiger partial charge in [0.2, 0.25) is 5.91 Å². The standard InChI is InChI=1S/C27H18Cl2N2O4/c28-16-11-12-19(20(29)15-16)21-13-14-22(34-21)24-23-25(35-31(24)18-9-5-2-6-10-18)27(33)30(26(23)32)17-7-3-1-4-8-17/h1-15,23-25H/t23-,24-,25-/m1/s1. The van der Waals surface area contributed by atoms with Gasteiger partial charge in [0.05, 0.1) is 16.4 Å². The normalized spacial score (nSPS) is 21.6. The van der Waals surface area contributed by atoms with Crippen molar-refractivity contribution < 1.29 is 18.8 Å². The molecule has 0 aliphatic carbocycles. The maximum atomic E-state index is 13.6. The number of hydrogen-bond donors (Lipinski definition) is 0. The number of anilines is 2. The molecule has 0 unspecified atom stereocenters. The zero-order valence-corrected chi connectivity index (χ0v) is 19.7. The zero-order valence-electron chi connectivity index (χ0n) is 18.2. The number of rotatable bonds is 4. The molecule has 0 saturated carbocycles. The molecule has 0 bridgehead atoms. The van der Waals surface area contributed by atoms with Crippen molar-refractivity contribution in [3.05, 3.63) is 107 Å². The van der Waals surface area contributed by atoms with Gasteiger partial charge in [-0.2, -0.15) is 0 Å². The predicted molar refractivity (Wildman–Crippen MR) is 133 cm³/mol. The summed E-state index contributed by atoms with van der Waals surface area (Å²) in [7, 11) is 0. The van der Waals surface area contributed by atoms with E-state index in [1.807, 2.05) is 36.4 Å². The number of amides is 2. The Balaban J connectivity index is 1.43. The van der Waals surface area contributed by atoms with E-state index >= 15 is 0 Å². The SMILES string of the molecule is O=C1[C@@H]2[C@@H](c3ccc(-c4ccc(Cl)cc4Cl)o3)N(c3ccccc3)O[C@H]2C(=O)N1c1ccccc1. The van der Waals surface area contributed by atoms with Crippen molar-refractivity contribution in [1.82, 2.24) is 0 Å². The lowest BCUT2D eigenvalue weighted by molar-refractivity contribution is -0.126. The Bertz CT molecular complexity index is 1420. The molecule has 0 N–H and O–H groups in total. The number of halogens is 2. The lowest BCUT2D eigenvalue weighted by atomic mass is 9.94. The number of hydrogen-bond acceptors (Lipinski definition) is 5.